The summed E-state index contributed by atoms with van der Waals surface area (Å²) in [6.07, 6.45) is 1.30. The highest BCUT2D eigenvalue weighted by atomic mass is 35.5. The van der Waals surface area contributed by atoms with Crippen molar-refractivity contribution in [1.82, 2.24) is 9.88 Å². The molecule has 1 aromatic carbocycles. The lowest BCUT2D eigenvalue weighted by atomic mass is 10.1. The maximum Gasteiger partial charge on any atom is 0.308 e. The van der Waals surface area contributed by atoms with Crippen LogP contribution in [0.2, 0.25) is 0 Å². The predicted octanol–water partition coefficient (Wildman–Crippen LogP) is 2.77. The first-order valence-electron chi connectivity index (χ1n) is 7.69. The summed E-state index contributed by atoms with van der Waals surface area (Å²) < 4.78 is 12.9. The van der Waals surface area contributed by atoms with Gasteiger partial charge in [0.25, 0.3) is 0 Å². The van der Waals surface area contributed by atoms with Crippen molar-refractivity contribution < 1.29 is 19.1 Å². The van der Waals surface area contributed by atoms with Crippen LogP contribution >= 0.6 is 23.7 Å². The van der Waals surface area contributed by atoms with Gasteiger partial charge in [0.05, 0.1) is 23.0 Å². The van der Waals surface area contributed by atoms with Crippen LogP contribution in [0.3, 0.4) is 0 Å². The molecule has 2 heterocycles. The molecular formula is C17H18ClFN2O3S. The fraction of sp³-hybridized carbons (Fsp3) is 0.353. The second-order valence-electron chi connectivity index (χ2n) is 5.88. The minimum atomic E-state index is -0.847. The summed E-state index contributed by atoms with van der Waals surface area (Å²) in [7, 11) is 0. The summed E-state index contributed by atoms with van der Waals surface area (Å²) in [5.41, 5.74) is 1.66. The molecule has 134 valence electrons. The number of aromatic nitrogens is 1. The summed E-state index contributed by atoms with van der Waals surface area (Å²) in [5.74, 6) is -1.66. The smallest absolute Gasteiger partial charge is 0.308 e. The van der Waals surface area contributed by atoms with Crippen molar-refractivity contribution in [3.05, 3.63) is 51.7 Å². The number of benzene rings is 1. The number of thiazole rings is 1. The van der Waals surface area contributed by atoms with Gasteiger partial charge < -0.3 is 10.0 Å². The fourth-order valence-electron chi connectivity index (χ4n) is 2.74. The van der Waals surface area contributed by atoms with E-state index in [0.29, 0.717) is 25.1 Å². The molecule has 0 radical (unpaired) electrons. The van der Waals surface area contributed by atoms with E-state index in [0.717, 1.165) is 10.6 Å². The van der Waals surface area contributed by atoms with Crippen molar-refractivity contribution in [3.8, 4) is 0 Å². The monoisotopic (exact) mass is 384 g/mol. The Balaban J connectivity index is 0.00000225. The largest absolute Gasteiger partial charge is 0.481 e. The average molecular weight is 385 g/mol. The van der Waals surface area contributed by atoms with Crippen molar-refractivity contribution in [1.29, 1.82) is 0 Å². The van der Waals surface area contributed by atoms with Crippen LogP contribution in [0.25, 0.3) is 0 Å². The van der Waals surface area contributed by atoms with E-state index in [-0.39, 0.29) is 37.1 Å². The standard InChI is InChI=1S/C17H17FN2O3S.ClH/c18-13-3-1-11(2-4-13)7-15-19-14(10-24-15)8-16(21)20-6-5-12(9-20)17(22)23;/h1-4,10,12H,5-9H2,(H,22,23);1H. The Bertz CT molecular complexity index is 751. The number of amides is 1. The van der Waals surface area contributed by atoms with E-state index in [4.69, 9.17) is 5.11 Å². The highest BCUT2D eigenvalue weighted by Crippen LogP contribution is 2.19. The van der Waals surface area contributed by atoms with Gasteiger partial charge in [0.2, 0.25) is 5.91 Å². The minimum absolute atomic E-state index is 0. The van der Waals surface area contributed by atoms with Crippen LogP contribution in [0.15, 0.2) is 29.6 Å². The maximum atomic E-state index is 12.9. The Hall–Kier alpha value is -1.99. The van der Waals surface area contributed by atoms with Gasteiger partial charge in [-0.2, -0.15) is 0 Å². The number of hydrogen-bond donors (Lipinski definition) is 1. The summed E-state index contributed by atoms with van der Waals surface area (Å²) in [4.78, 5) is 29.2. The van der Waals surface area contributed by atoms with E-state index < -0.39 is 11.9 Å². The molecule has 25 heavy (non-hydrogen) atoms. The van der Waals surface area contributed by atoms with E-state index in [9.17, 15) is 14.0 Å². The van der Waals surface area contributed by atoms with Crippen LogP contribution in [-0.4, -0.2) is 40.0 Å². The summed E-state index contributed by atoms with van der Waals surface area (Å²) in [6.45, 7) is 0.767. The topological polar surface area (TPSA) is 70.5 Å². The lowest BCUT2D eigenvalue weighted by molar-refractivity contribution is -0.141. The Morgan fingerprint density at radius 3 is 2.68 bits per heavy atom. The molecule has 5 nitrogen and oxygen atoms in total. The molecule has 1 fully saturated rings. The lowest BCUT2D eigenvalue weighted by Crippen LogP contribution is -2.31. The Kier molecular flexibility index (Phi) is 6.50. The van der Waals surface area contributed by atoms with Crippen molar-refractivity contribution in [2.24, 2.45) is 5.92 Å². The Labute approximate surface area is 154 Å². The number of hydrogen-bond acceptors (Lipinski definition) is 4. The second-order valence-corrected chi connectivity index (χ2v) is 6.82. The molecule has 0 saturated carbocycles. The number of aliphatic carboxylic acids is 1. The molecule has 3 rings (SSSR count). The van der Waals surface area contributed by atoms with Crippen molar-refractivity contribution in [2.45, 2.75) is 19.3 Å². The van der Waals surface area contributed by atoms with Crippen LogP contribution in [0.4, 0.5) is 4.39 Å². The number of likely N-dealkylation sites (tertiary alicyclic amines) is 1. The molecule has 0 spiro atoms. The molecule has 1 N–H and O–H groups in total. The first-order chi connectivity index (χ1) is 11.5. The minimum Gasteiger partial charge on any atom is -0.481 e. The third kappa shape index (κ3) is 4.99. The quantitative estimate of drug-likeness (QED) is 0.860. The lowest BCUT2D eigenvalue weighted by Gasteiger charge is -2.14. The first-order valence-corrected chi connectivity index (χ1v) is 8.57. The number of nitrogens with zero attached hydrogens (tertiary/aromatic N) is 2. The molecule has 1 atom stereocenters. The van der Waals surface area contributed by atoms with Crippen LogP contribution in [0, 0.1) is 11.7 Å². The Morgan fingerprint density at radius 2 is 2.04 bits per heavy atom. The molecule has 1 aromatic heterocycles. The second kappa shape index (κ2) is 8.40. The number of halogens is 2. The molecule has 1 saturated heterocycles. The van der Waals surface area contributed by atoms with E-state index in [2.05, 4.69) is 4.98 Å². The van der Waals surface area contributed by atoms with Crippen molar-refractivity contribution in [3.63, 3.8) is 0 Å². The highest BCUT2D eigenvalue weighted by molar-refractivity contribution is 7.09. The zero-order chi connectivity index (χ0) is 17.1. The van der Waals surface area contributed by atoms with Gasteiger partial charge >= 0.3 is 5.97 Å². The molecule has 2 aromatic rings. The zero-order valence-electron chi connectivity index (χ0n) is 13.4. The van der Waals surface area contributed by atoms with Gasteiger partial charge in [-0.05, 0) is 24.1 Å². The summed E-state index contributed by atoms with van der Waals surface area (Å²) in [6, 6.07) is 6.27. The Morgan fingerprint density at radius 1 is 1.32 bits per heavy atom. The van der Waals surface area contributed by atoms with Crippen LogP contribution in [-0.2, 0) is 22.4 Å². The van der Waals surface area contributed by atoms with Crippen LogP contribution in [0.1, 0.15) is 22.7 Å². The summed E-state index contributed by atoms with van der Waals surface area (Å²) >= 11 is 1.47. The molecule has 0 aliphatic carbocycles. The zero-order valence-corrected chi connectivity index (χ0v) is 15.0. The van der Waals surface area contributed by atoms with Crippen LogP contribution < -0.4 is 0 Å². The maximum absolute atomic E-state index is 12.9. The van der Waals surface area contributed by atoms with Crippen molar-refractivity contribution in [2.75, 3.05) is 13.1 Å². The highest BCUT2D eigenvalue weighted by Gasteiger charge is 2.30. The first kappa shape index (κ1) is 19.3. The third-order valence-electron chi connectivity index (χ3n) is 4.09. The van der Waals surface area contributed by atoms with Gasteiger partial charge in [0, 0.05) is 24.9 Å². The number of carbonyl (C=O) groups excluding carboxylic acids is 1. The van der Waals surface area contributed by atoms with Gasteiger partial charge in [-0.15, -0.1) is 23.7 Å². The van der Waals surface area contributed by atoms with Gasteiger partial charge in [-0.3, -0.25) is 9.59 Å². The van der Waals surface area contributed by atoms with Gasteiger partial charge in [0.15, 0.2) is 0 Å². The summed E-state index contributed by atoms with van der Waals surface area (Å²) in [5, 5.41) is 11.7. The van der Waals surface area contributed by atoms with Gasteiger partial charge in [-0.1, -0.05) is 12.1 Å². The number of carbonyl (C=O) groups is 2. The number of rotatable bonds is 5. The van der Waals surface area contributed by atoms with Gasteiger partial charge in [-0.25, -0.2) is 9.37 Å². The van der Waals surface area contributed by atoms with E-state index in [1.807, 2.05) is 5.38 Å². The van der Waals surface area contributed by atoms with Crippen molar-refractivity contribution >= 4 is 35.6 Å². The average Bonchev–Trinajstić information content (AvgIpc) is 3.19. The normalized spacial score (nSPS) is 16.5. The van der Waals surface area contributed by atoms with Crippen LogP contribution in [0.5, 0.6) is 0 Å². The van der Waals surface area contributed by atoms with E-state index >= 15 is 0 Å². The molecule has 1 aliphatic rings. The van der Waals surface area contributed by atoms with E-state index in [1.54, 1.807) is 17.0 Å². The molecular weight excluding hydrogens is 367 g/mol. The third-order valence-corrected chi connectivity index (χ3v) is 4.99. The molecule has 0 bridgehead atoms. The molecule has 1 amide bonds. The number of carboxylic acids is 1. The number of carboxylic acid groups (broad SMARTS) is 1. The SMILES string of the molecule is Cl.O=C(O)C1CCN(C(=O)Cc2csc(Cc3ccc(F)cc3)n2)C1. The molecule has 8 heteroatoms. The van der Waals surface area contributed by atoms with E-state index in [1.165, 1.54) is 23.5 Å². The molecule has 1 unspecified atom stereocenters. The fourth-order valence-corrected chi connectivity index (χ4v) is 3.57. The van der Waals surface area contributed by atoms with Gasteiger partial charge in [0.1, 0.15) is 5.82 Å². The predicted molar refractivity (Wildman–Crippen MR) is 94.6 cm³/mol. The molecule has 1 aliphatic heterocycles.